The first-order chi connectivity index (χ1) is 9.13. The molecule has 0 saturated heterocycles. The highest BCUT2D eigenvalue weighted by Gasteiger charge is 2.27. The Morgan fingerprint density at radius 3 is 2.79 bits per heavy atom. The molecule has 5 heteroatoms. The molecule has 1 aliphatic rings. The van der Waals surface area contributed by atoms with E-state index in [0.717, 1.165) is 11.1 Å². The third-order valence-corrected chi connectivity index (χ3v) is 3.06. The fourth-order valence-corrected chi connectivity index (χ4v) is 2.24. The summed E-state index contributed by atoms with van der Waals surface area (Å²) in [4.78, 5) is 29.5. The summed E-state index contributed by atoms with van der Waals surface area (Å²) < 4.78 is 0. The van der Waals surface area contributed by atoms with Crippen molar-refractivity contribution in [2.75, 3.05) is 7.11 Å². The summed E-state index contributed by atoms with van der Waals surface area (Å²) in [7, 11) is 1.38. The van der Waals surface area contributed by atoms with Crippen LogP contribution in [0.5, 0.6) is 0 Å². The van der Waals surface area contributed by atoms with Gasteiger partial charge in [0.1, 0.15) is 0 Å². The zero-order chi connectivity index (χ0) is 13.8. The van der Waals surface area contributed by atoms with Gasteiger partial charge >= 0.3 is 0 Å². The summed E-state index contributed by atoms with van der Waals surface area (Å²) in [6, 6.07) is 7.43. The number of carbonyl (C=O) groups is 2. The van der Waals surface area contributed by atoms with E-state index in [0.29, 0.717) is 0 Å². The minimum atomic E-state index is -0.297. The Morgan fingerprint density at radius 2 is 2.11 bits per heavy atom. The quantitative estimate of drug-likeness (QED) is 0.840. The van der Waals surface area contributed by atoms with Gasteiger partial charge in [-0.15, -0.1) is 0 Å². The van der Waals surface area contributed by atoms with Gasteiger partial charge in [0.05, 0.1) is 19.6 Å². The number of amides is 2. The van der Waals surface area contributed by atoms with Crippen molar-refractivity contribution in [3.8, 4) is 0 Å². The van der Waals surface area contributed by atoms with Gasteiger partial charge in [-0.1, -0.05) is 24.3 Å². The van der Waals surface area contributed by atoms with Crippen LogP contribution in [0.25, 0.3) is 6.08 Å². The van der Waals surface area contributed by atoms with E-state index in [1.165, 1.54) is 14.0 Å². The van der Waals surface area contributed by atoms with E-state index in [1.54, 1.807) is 11.1 Å². The minimum Gasteiger partial charge on any atom is -0.311 e. The van der Waals surface area contributed by atoms with Crippen LogP contribution in [0.1, 0.15) is 30.5 Å². The maximum Gasteiger partial charge on any atom is 0.245 e. The zero-order valence-corrected chi connectivity index (χ0v) is 10.9. The van der Waals surface area contributed by atoms with Crippen LogP contribution in [0.15, 0.2) is 30.5 Å². The number of benzene rings is 1. The first-order valence-corrected chi connectivity index (χ1v) is 6.01. The molecular formula is C14H16N2O3. The first-order valence-electron chi connectivity index (χ1n) is 6.01. The fourth-order valence-electron chi connectivity index (χ4n) is 2.24. The van der Waals surface area contributed by atoms with Gasteiger partial charge in [-0.25, -0.2) is 5.48 Å². The zero-order valence-electron chi connectivity index (χ0n) is 10.9. The highest BCUT2D eigenvalue weighted by molar-refractivity contribution is 5.81. The van der Waals surface area contributed by atoms with E-state index in [1.807, 2.05) is 30.3 Å². The van der Waals surface area contributed by atoms with Gasteiger partial charge in [0.15, 0.2) is 0 Å². The summed E-state index contributed by atoms with van der Waals surface area (Å²) >= 11 is 0. The van der Waals surface area contributed by atoms with E-state index >= 15 is 0 Å². The van der Waals surface area contributed by atoms with Crippen LogP contribution in [0.2, 0.25) is 0 Å². The number of nitrogens with one attached hydrogen (secondary N) is 1. The standard InChI is InChI=1S/C14H16N2O3/c1-10(17)16-8-7-11-5-3-4-6-12(11)13(16)9-14(18)15-19-2/h3-8,13H,9H2,1-2H3,(H,15,18). The number of hydrogen-bond acceptors (Lipinski definition) is 3. The molecule has 5 nitrogen and oxygen atoms in total. The molecule has 1 atom stereocenters. The molecule has 2 rings (SSSR count). The number of carbonyl (C=O) groups excluding carboxylic acids is 2. The smallest absolute Gasteiger partial charge is 0.245 e. The van der Waals surface area contributed by atoms with Crippen molar-refractivity contribution in [1.82, 2.24) is 10.4 Å². The molecule has 0 radical (unpaired) electrons. The first kappa shape index (κ1) is 13.3. The molecule has 1 N–H and O–H groups in total. The van der Waals surface area contributed by atoms with Crippen molar-refractivity contribution in [3.63, 3.8) is 0 Å². The molecule has 0 saturated carbocycles. The van der Waals surface area contributed by atoms with Crippen molar-refractivity contribution in [3.05, 3.63) is 41.6 Å². The second-order valence-corrected chi connectivity index (χ2v) is 4.32. The lowest BCUT2D eigenvalue weighted by Crippen LogP contribution is -2.35. The number of nitrogens with zero attached hydrogens (tertiary/aromatic N) is 1. The van der Waals surface area contributed by atoms with Gasteiger partial charge in [-0.05, 0) is 17.2 Å². The van der Waals surface area contributed by atoms with E-state index < -0.39 is 0 Å². The fraction of sp³-hybridized carbons (Fsp3) is 0.286. The molecule has 1 aliphatic heterocycles. The highest BCUT2D eigenvalue weighted by atomic mass is 16.6. The average molecular weight is 260 g/mol. The van der Waals surface area contributed by atoms with Crippen molar-refractivity contribution >= 4 is 17.9 Å². The van der Waals surface area contributed by atoms with Crippen LogP contribution >= 0.6 is 0 Å². The van der Waals surface area contributed by atoms with Crippen LogP contribution in [-0.4, -0.2) is 23.8 Å². The van der Waals surface area contributed by atoms with Gasteiger partial charge in [0.2, 0.25) is 11.8 Å². The van der Waals surface area contributed by atoms with E-state index in [9.17, 15) is 9.59 Å². The summed E-state index contributed by atoms with van der Waals surface area (Å²) in [5, 5.41) is 0. The summed E-state index contributed by atoms with van der Waals surface area (Å²) in [6.07, 6.45) is 3.76. The lowest BCUT2D eigenvalue weighted by molar-refractivity contribution is -0.134. The molecule has 0 fully saturated rings. The topological polar surface area (TPSA) is 58.6 Å². The second-order valence-electron chi connectivity index (χ2n) is 4.32. The Kier molecular flexibility index (Phi) is 3.97. The van der Waals surface area contributed by atoms with E-state index in [4.69, 9.17) is 0 Å². The van der Waals surface area contributed by atoms with Crippen molar-refractivity contribution in [2.24, 2.45) is 0 Å². The number of hydroxylamine groups is 1. The monoisotopic (exact) mass is 260 g/mol. The molecule has 1 heterocycles. The Hall–Kier alpha value is -2.14. The molecule has 100 valence electrons. The molecule has 0 aliphatic carbocycles. The molecule has 0 bridgehead atoms. The van der Waals surface area contributed by atoms with Gasteiger partial charge in [-0.2, -0.15) is 0 Å². The highest BCUT2D eigenvalue weighted by Crippen LogP contribution is 2.32. The maximum absolute atomic E-state index is 11.7. The molecule has 0 spiro atoms. The van der Waals surface area contributed by atoms with Crippen molar-refractivity contribution < 1.29 is 14.4 Å². The molecule has 1 aromatic carbocycles. The van der Waals surface area contributed by atoms with Crippen molar-refractivity contribution in [2.45, 2.75) is 19.4 Å². The van der Waals surface area contributed by atoms with Gasteiger partial charge < -0.3 is 4.90 Å². The Morgan fingerprint density at radius 1 is 1.37 bits per heavy atom. The van der Waals surface area contributed by atoms with Crippen LogP contribution in [0.3, 0.4) is 0 Å². The molecule has 2 amide bonds. The molecule has 19 heavy (non-hydrogen) atoms. The van der Waals surface area contributed by atoms with E-state index in [2.05, 4.69) is 10.3 Å². The van der Waals surface area contributed by atoms with Crippen molar-refractivity contribution in [1.29, 1.82) is 0 Å². The Bertz CT molecular complexity index is 525. The SMILES string of the molecule is CONC(=O)CC1c2ccccc2C=CN1C(C)=O. The summed E-state index contributed by atoms with van der Waals surface area (Å²) in [5.74, 6) is -0.357. The lowest BCUT2D eigenvalue weighted by Gasteiger charge is -2.32. The van der Waals surface area contributed by atoms with Crippen LogP contribution < -0.4 is 5.48 Å². The Balaban J connectivity index is 2.31. The molecule has 1 unspecified atom stereocenters. The third kappa shape index (κ3) is 2.82. The lowest BCUT2D eigenvalue weighted by atomic mass is 9.93. The van der Waals surface area contributed by atoms with Gasteiger partial charge in [0, 0.05) is 13.1 Å². The number of fused-ring (bicyclic) bond motifs is 1. The van der Waals surface area contributed by atoms with Gasteiger partial charge in [-0.3, -0.25) is 14.4 Å². The van der Waals surface area contributed by atoms with Crippen LogP contribution in [-0.2, 0) is 14.4 Å². The predicted molar refractivity (Wildman–Crippen MR) is 70.5 cm³/mol. The summed E-state index contributed by atoms with van der Waals surface area (Å²) in [5.41, 5.74) is 4.27. The van der Waals surface area contributed by atoms with Crippen LogP contribution in [0.4, 0.5) is 0 Å². The second kappa shape index (κ2) is 5.67. The Labute approximate surface area is 111 Å². The molecule has 0 aromatic heterocycles. The molecular weight excluding hydrogens is 244 g/mol. The van der Waals surface area contributed by atoms with Crippen LogP contribution in [0, 0.1) is 0 Å². The maximum atomic E-state index is 11.7. The number of rotatable bonds is 3. The van der Waals surface area contributed by atoms with Gasteiger partial charge in [0.25, 0.3) is 0 Å². The minimum absolute atomic E-state index is 0.0963. The number of hydrogen-bond donors (Lipinski definition) is 1. The summed E-state index contributed by atoms with van der Waals surface area (Å²) in [6.45, 7) is 1.49. The largest absolute Gasteiger partial charge is 0.311 e. The normalized spacial score (nSPS) is 16.9. The predicted octanol–water partition coefficient (Wildman–Crippen LogP) is 1.63. The average Bonchev–Trinajstić information content (AvgIpc) is 2.39. The molecule has 1 aromatic rings. The van der Waals surface area contributed by atoms with E-state index in [-0.39, 0.29) is 24.3 Å². The third-order valence-electron chi connectivity index (χ3n) is 3.06.